The number of hydrogen-bond acceptors (Lipinski definition) is 2. The van der Waals surface area contributed by atoms with E-state index in [1.165, 1.54) is 6.42 Å². The standard InChI is InChI=1S/C17H26ClN3/c1-3-12-21-16(9-8-13(4-2)10-11-19)20-15-7-5-6-14(18)17(15)21/h5-7,13H,3-4,8-12,19H2,1-2H3. The van der Waals surface area contributed by atoms with Crippen LogP contribution in [0.3, 0.4) is 0 Å². The molecule has 1 unspecified atom stereocenters. The molecule has 2 aromatic rings. The Kier molecular flexibility index (Phi) is 6.07. The Labute approximate surface area is 132 Å². The van der Waals surface area contributed by atoms with E-state index in [2.05, 4.69) is 18.4 Å². The second kappa shape index (κ2) is 7.81. The van der Waals surface area contributed by atoms with Crippen LogP contribution in [-0.2, 0) is 13.0 Å². The highest BCUT2D eigenvalue weighted by molar-refractivity contribution is 6.35. The number of nitrogens with two attached hydrogens (primary N) is 1. The molecular formula is C17H26ClN3. The average molecular weight is 308 g/mol. The SMILES string of the molecule is CCCn1c(CCC(CC)CCN)nc2cccc(Cl)c21. The van der Waals surface area contributed by atoms with Crippen molar-refractivity contribution in [2.75, 3.05) is 6.54 Å². The quantitative estimate of drug-likeness (QED) is 0.785. The molecular weight excluding hydrogens is 282 g/mol. The van der Waals surface area contributed by atoms with Crippen molar-refractivity contribution < 1.29 is 0 Å². The second-order valence-corrected chi connectivity index (χ2v) is 6.08. The summed E-state index contributed by atoms with van der Waals surface area (Å²) in [6.45, 7) is 6.18. The Morgan fingerprint density at radius 1 is 1.29 bits per heavy atom. The molecule has 116 valence electrons. The molecule has 21 heavy (non-hydrogen) atoms. The van der Waals surface area contributed by atoms with E-state index in [0.717, 1.165) is 60.7 Å². The zero-order chi connectivity index (χ0) is 15.2. The molecule has 0 bridgehead atoms. The lowest BCUT2D eigenvalue weighted by molar-refractivity contribution is 0.435. The van der Waals surface area contributed by atoms with E-state index in [1.807, 2.05) is 18.2 Å². The van der Waals surface area contributed by atoms with Crippen LogP contribution >= 0.6 is 11.6 Å². The summed E-state index contributed by atoms with van der Waals surface area (Å²) in [7, 11) is 0. The third kappa shape index (κ3) is 3.78. The number of fused-ring (bicyclic) bond motifs is 1. The maximum atomic E-state index is 6.37. The highest BCUT2D eigenvalue weighted by atomic mass is 35.5. The van der Waals surface area contributed by atoms with E-state index in [1.54, 1.807) is 0 Å². The van der Waals surface area contributed by atoms with Crippen LogP contribution in [0.25, 0.3) is 11.0 Å². The fraction of sp³-hybridized carbons (Fsp3) is 0.588. The van der Waals surface area contributed by atoms with Crippen LogP contribution in [-0.4, -0.2) is 16.1 Å². The van der Waals surface area contributed by atoms with Gasteiger partial charge in [-0.25, -0.2) is 4.98 Å². The number of rotatable bonds is 8. The summed E-state index contributed by atoms with van der Waals surface area (Å²) in [5, 5.41) is 0.800. The molecule has 4 heteroatoms. The van der Waals surface area contributed by atoms with Crippen molar-refractivity contribution >= 4 is 22.6 Å². The van der Waals surface area contributed by atoms with Gasteiger partial charge in [0.25, 0.3) is 0 Å². The second-order valence-electron chi connectivity index (χ2n) is 5.68. The Hall–Kier alpha value is -1.06. The number of benzene rings is 1. The van der Waals surface area contributed by atoms with Crippen molar-refractivity contribution in [3.05, 3.63) is 29.0 Å². The lowest BCUT2D eigenvalue weighted by Crippen LogP contribution is -2.11. The van der Waals surface area contributed by atoms with E-state index in [9.17, 15) is 0 Å². The molecule has 0 saturated carbocycles. The largest absolute Gasteiger partial charge is 0.330 e. The maximum Gasteiger partial charge on any atom is 0.109 e. The first-order valence-corrected chi connectivity index (χ1v) is 8.42. The summed E-state index contributed by atoms with van der Waals surface area (Å²) in [5.74, 6) is 1.86. The van der Waals surface area contributed by atoms with E-state index in [4.69, 9.17) is 22.3 Å². The molecule has 1 heterocycles. The zero-order valence-corrected chi connectivity index (χ0v) is 13.9. The first-order chi connectivity index (χ1) is 10.2. The van der Waals surface area contributed by atoms with Crippen molar-refractivity contribution in [1.29, 1.82) is 0 Å². The van der Waals surface area contributed by atoms with Gasteiger partial charge in [-0.2, -0.15) is 0 Å². The third-order valence-electron chi connectivity index (χ3n) is 4.17. The van der Waals surface area contributed by atoms with E-state index >= 15 is 0 Å². The Morgan fingerprint density at radius 3 is 2.76 bits per heavy atom. The third-order valence-corrected chi connectivity index (χ3v) is 4.48. The van der Waals surface area contributed by atoms with Gasteiger partial charge in [0.2, 0.25) is 0 Å². The first-order valence-electron chi connectivity index (χ1n) is 8.04. The molecule has 1 atom stereocenters. The number of aromatic nitrogens is 2. The van der Waals surface area contributed by atoms with Crippen molar-refractivity contribution in [3.8, 4) is 0 Å². The van der Waals surface area contributed by atoms with Gasteiger partial charge in [0.05, 0.1) is 16.1 Å². The Morgan fingerprint density at radius 2 is 2.10 bits per heavy atom. The summed E-state index contributed by atoms with van der Waals surface area (Å²) in [6.07, 6.45) is 5.53. The molecule has 0 amide bonds. The smallest absolute Gasteiger partial charge is 0.109 e. The van der Waals surface area contributed by atoms with Gasteiger partial charge in [-0.15, -0.1) is 0 Å². The number of halogens is 1. The highest BCUT2D eigenvalue weighted by Gasteiger charge is 2.14. The van der Waals surface area contributed by atoms with Gasteiger partial charge in [-0.05, 0) is 43.9 Å². The van der Waals surface area contributed by atoms with Crippen LogP contribution in [0.15, 0.2) is 18.2 Å². The van der Waals surface area contributed by atoms with Crippen LogP contribution < -0.4 is 5.73 Å². The van der Waals surface area contributed by atoms with Crippen molar-refractivity contribution in [2.24, 2.45) is 11.7 Å². The summed E-state index contributed by atoms with van der Waals surface area (Å²) in [4.78, 5) is 4.81. The highest BCUT2D eigenvalue weighted by Crippen LogP contribution is 2.26. The molecule has 0 radical (unpaired) electrons. The van der Waals surface area contributed by atoms with E-state index in [-0.39, 0.29) is 0 Å². The minimum Gasteiger partial charge on any atom is -0.330 e. The molecule has 0 aliphatic carbocycles. The normalized spacial score (nSPS) is 13.0. The van der Waals surface area contributed by atoms with Crippen LogP contribution in [0.1, 0.15) is 45.4 Å². The van der Waals surface area contributed by atoms with Gasteiger partial charge in [-0.3, -0.25) is 0 Å². The van der Waals surface area contributed by atoms with Crippen molar-refractivity contribution in [3.63, 3.8) is 0 Å². The molecule has 0 spiro atoms. The topological polar surface area (TPSA) is 43.8 Å². The van der Waals surface area contributed by atoms with Gasteiger partial charge in [0.15, 0.2) is 0 Å². The van der Waals surface area contributed by atoms with Gasteiger partial charge < -0.3 is 10.3 Å². The Bertz CT molecular complexity index is 577. The monoisotopic (exact) mass is 307 g/mol. The van der Waals surface area contributed by atoms with E-state index < -0.39 is 0 Å². The maximum absolute atomic E-state index is 6.37. The number of para-hydroxylation sites is 1. The fourth-order valence-electron chi connectivity index (χ4n) is 2.97. The molecule has 2 rings (SSSR count). The number of aryl methyl sites for hydroxylation is 2. The molecule has 3 nitrogen and oxygen atoms in total. The lowest BCUT2D eigenvalue weighted by Gasteiger charge is -2.14. The number of hydrogen-bond donors (Lipinski definition) is 1. The summed E-state index contributed by atoms with van der Waals surface area (Å²) < 4.78 is 2.30. The summed E-state index contributed by atoms with van der Waals surface area (Å²) >= 11 is 6.37. The minimum absolute atomic E-state index is 0.695. The van der Waals surface area contributed by atoms with Crippen LogP contribution in [0, 0.1) is 5.92 Å². The Balaban J connectivity index is 2.26. The van der Waals surface area contributed by atoms with Gasteiger partial charge in [0, 0.05) is 13.0 Å². The van der Waals surface area contributed by atoms with Crippen LogP contribution in [0.4, 0.5) is 0 Å². The predicted octanol–water partition coefficient (Wildman–Crippen LogP) is 4.41. The van der Waals surface area contributed by atoms with Crippen LogP contribution in [0.5, 0.6) is 0 Å². The van der Waals surface area contributed by atoms with E-state index in [0.29, 0.717) is 5.92 Å². The molecule has 0 aliphatic rings. The fourth-order valence-corrected chi connectivity index (χ4v) is 3.24. The number of nitrogens with zero attached hydrogens (tertiary/aromatic N) is 2. The average Bonchev–Trinajstić information content (AvgIpc) is 2.83. The summed E-state index contributed by atoms with van der Waals surface area (Å²) in [5.41, 5.74) is 7.79. The molecule has 2 N–H and O–H groups in total. The van der Waals surface area contributed by atoms with Crippen molar-refractivity contribution in [2.45, 2.75) is 52.5 Å². The van der Waals surface area contributed by atoms with Gasteiger partial charge in [0.1, 0.15) is 5.82 Å². The van der Waals surface area contributed by atoms with Gasteiger partial charge in [-0.1, -0.05) is 37.9 Å². The molecule has 1 aromatic heterocycles. The molecule has 1 aromatic carbocycles. The van der Waals surface area contributed by atoms with Crippen LogP contribution in [0.2, 0.25) is 5.02 Å². The molecule has 0 aliphatic heterocycles. The zero-order valence-electron chi connectivity index (χ0n) is 13.1. The molecule has 0 fully saturated rings. The van der Waals surface area contributed by atoms with Crippen molar-refractivity contribution in [1.82, 2.24) is 9.55 Å². The molecule has 0 saturated heterocycles. The summed E-state index contributed by atoms with van der Waals surface area (Å²) in [6, 6.07) is 5.97. The lowest BCUT2D eigenvalue weighted by atomic mass is 9.96. The minimum atomic E-state index is 0.695. The van der Waals surface area contributed by atoms with Gasteiger partial charge >= 0.3 is 0 Å². The first kappa shape index (κ1) is 16.3. The predicted molar refractivity (Wildman–Crippen MR) is 90.8 cm³/mol. The number of imidazole rings is 1.